The first kappa shape index (κ1) is 20.7. The first-order chi connectivity index (χ1) is 14.5. The largest absolute Gasteiger partial charge is 0.269 e. The molecule has 0 atom stereocenters. The Hall–Kier alpha value is -2.60. The van der Waals surface area contributed by atoms with Gasteiger partial charge < -0.3 is 0 Å². The van der Waals surface area contributed by atoms with E-state index in [4.69, 9.17) is 23.2 Å². The Morgan fingerprint density at radius 1 is 0.900 bits per heavy atom. The Morgan fingerprint density at radius 3 is 2.37 bits per heavy atom. The maximum Gasteiger partial charge on any atom is 0.268 e. The number of carbonyl (C=O) groups excluding carboxylic acids is 2. The normalized spacial score (nSPS) is 14.0. The van der Waals surface area contributed by atoms with Crippen molar-refractivity contribution in [3.63, 3.8) is 0 Å². The third-order valence-corrected chi connectivity index (χ3v) is 6.29. The molecule has 0 fully saturated rings. The molecule has 2 amide bonds. The molecule has 1 aliphatic rings. The van der Waals surface area contributed by atoms with E-state index >= 15 is 0 Å². The molecule has 3 aromatic rings. The number of halogens is 2. The maximum atomic E-state index is 13.3. The predicted octanol–water partition coefficient (Wildman–Crippen LogP) is 5.60. The second kappa shape index (κ2) is 9.04. The molecular formula is C23H16Cl2N2O2S. The molecule has 0 bridgehead atoms. The maximum absolute atomic E-state index is 13.3. The number of hydrogen-bond acceptors (Lipinski definition) is 4. The first-order valence-electron chi connectivity index (χ1n) is 9.17. The summed E-state index contributed by atoms with van der Waals surface area (Å²) in [6.45, 7) is 0.0998. The summed E-state index contributed by atoms with van der Waals surface area (Å²) < 4.78 is 0. The number of carbonyl (C=O) groups is 2. The fourth-order valence-corrected chi connectivity index (χ4v) is 4.73. The van der Waals surface area contributed by atoms with Crippen LogP contribution in [0.4, 0.5) is 0 Å². The molecule has 1 aromatic heterocycles. The van der Waals surface area contributed by atoms with E-state index in [1.807, 2.05) is 36.4 Å². The summed E-state index contributed by atoms with van der Waals surface area (Å²) >= 11 is 13.8. The zero-order valence-corrected chi connectivity index (χ0v) is 18.0. The Bertz CT molecular complexity index is 1130. The van der Waals surface area contributed by atoms with Crippen molar-refractivity contribution in [3.05, 3.63) is 105 Å². The van der Waals surface area contributed by atoms with E-state index in [9.17, 15) is 9.59 Å². The fraction of sp³-hybridized carbons (Fsp3) is 0.0870. The molecule has 2 aromatic carbocycles. The predicted molar refractivity (Wildman–Crippen MR) is 121 cm³/mol. The van der Waals surface area contributed by atoms with E-state index in [0.29, 0.717) is 37.5 Å². The van der Waals surface area contributed by atoms with Gasteiger partial charge in [0.05, 0.1) is 27.7 Å². The monoisotopic (exact) mass is 454 g/mol. The molecule has 4 rings (SSSR count). The molecule has 0 radical (unpaired) electrons. The number of benzene rings is 2. The van der Waals surface area contributed by atoms with Crippen LogP contribution in [-0.4, -0.2) is 21.7 Å². The number of pyridine rings is 1. The highest BCUT2D eigenvalue weighted by molar-refractivity contribution is 8.03. The molecule has 0 N–H and O–H groups in total. The smallest absolute Gasteiger partial charge is 0.268 e. The van der Waals surface area contributed by atoms with Gasteiger partial charge in [0.2, 0.25) is 0 Å². The van der Waals surface area contributed by atoms with Crippen molar-refractivity contribution >= 4 is 52.4 Å². The van der Waals surface area contributed by atoms with Crippen LogP contribution in [0.25, 0.3) is 5.57 Å². The minimum absolute atomic E-state index is 0.0998. The third-order valence-electron chi connectivity index (χ3n) is 4.60. The Morgan fingerprint density at radius 2 is 1.67 bits per heavy atom. The van der Waals surface area contributed by atoms with Crippen molar-refractivity contribution in [1.82, 2.24) is 9.88 Å². The Kier molecular flexibility index (Phi) is 6.23. The van der Waals surface area contributed by atoms with Crippen molar-refractivity contribution < 1.29 is 9.59 Å². The van der Waals surface area contributed by atoms with Gasteiger partial charge in [-0.1, -0.05) is 65.7 Å². The van der Waals surface area contributed by atoms with Gasteiger partial charge in [0.1, 0.15) is 0 Å². The molecule has 0 unspecified atom stereocenters. The van der Waals surface area contributed by atoms with Gasteiger partial charge in [-0.25, -0.2) is 0 Å². The van der Waals surface area contributed by atoms with Crippen molar-refractivity contribution in [2.75, 3.05) is 0 Å². The van der Waals surface area contributed by atoms with Crippen molar-refractivity contribution in [1.29, 1.82) is 0 Å². The molecule has 0 aliphatic carbocycles. The van der Waals surface area contributed by atoms with E-state index in [1.54, 1.807) is 36.5 Å². The fourth-order valence-electron chi connectivity index (χ4n) is 3.14. The summed E-state index contributed by atoms with van der Waals surface area (Å²) in [6.07, 6.45) is 1.63. The van der Waals surface area contributed by atoms with E-state index in [0.717, 1.165) is 5.56 Å². The number of amides is 2. The van der Waals surface area contributed by atoms with Gasteiger partial charge in [-0.05, 0) is 29.8 Å². The lowest BCUT2D eigenvalue weighted by Gasteiger charge is -2.14. The van der Waals surface area contributed by atoms with Crippen LogP contribution in [0, 0.1) is 0 Å². The van der Waals surface area contributed by atoms with Gasteiger partial charge >= 0.3 is 0 Å². The van der Waals surface area contributed by atoms with Gasteiger partial charge in [-0.15, -0.1) is 11.8 Å². The molecular weight excluding hydrogens is 439 g/mol. The number of imide groups is 1. The molecule has 0 saturated heterocycles. The summed E-state index contributed by atoms with van der Waals surface area (Å²) in [5, 5.41) is 0.793. The highest BCUT2D eigenvalue weighted by Gasteiger charge is 2.40. The average Bonchev–Trinajstić information content (AvgIpc) is 2.98. The van der Waals surface area contributed by atoms with E-state index < -0.39 is 0 Å². The van der Waals surface area contributed by atoms with E-state index in [1.165, 1.54) is 16.7 Å². The number of thioether (sulfide) groups is 1. The summed E-state index contributed by atoms with van der Waals surface area (Å²) in [5.74, 6) is -0.167. The van der Waals surface area contributed by atoms with Crippen LogP contribution in [0.3, 0.4) is 0 Å². The van der Waals surface area contributed by atoms with E-state index in [-0.39, 0.29) is 18.4 Å². The zero-order valence-electron chi connectivity index (χ0n) is 15.7. The van der Waals surface area contributed by atoms with Crippen LogP contribution in [0.15, 0.2) is 77.8 Å². The summed E-state index contributed by atoms with van der Waals surface area (Å²) in [4.78, 5) is 32.4. The van der Waals surface area contributed by atoms with Gasteiger partial charge in [0.15, 0.2) is 0 Å². The van der Waals surface area contributed by atoms with Crippen molar-refractivity contribution in [2.24, 2.45) is 0 Å². The Labute approximate surface area is 188 Å². The zero-order chi connectivity index (χ0) is 21.1. The number of rotatable bonds is 6. The van der Waals surface area contributed by atoms with Crippen LogP contribution in [0.2, 0.25) is 10.0 Å². The lowest BCUT2D eigenvalue weighted by molar-refractivity contribution is -0.137. The number of hydrogen-bond donors (Lipinski definition) is 0. The van der Waals surface area contributed by atoms with Crippen LogP contribution >= 0.6 is 35.0 Å². The van der Waals surface area contributed by atoms with Crippen LogP contribution in [0.5, 0.6) is 0 Å². The Balaban J connectivity index is 1.71. The third kappa shape index (κ3) is 4.29. The molecule has 7 heteroatoms. The van der Waals surface area contributed by atoms with Crippen LogP contribution in [0.1, 0.15) is 16.8 Å². The molecule has 4 nitrogen and oxygen atoms in total. The first-order valence-corrected chi connectivity index (χ1v) is 10.9. The lowest BCUT2D eigenvalue weighted by atomic mass is 10.1. The van der Waals surface area contributed by atoms with Gasteiger partial charge in [-0.3, -0.25) is 19.5 Å². The average molecular weight is 455 g/mol. The van der Waals surface area contributed by atoms with Gasteiger partial charge in [0.25, 0.3) is 11.8 Å². The summed E-state index contributed by atoms with van der Waals surface area (Å²) in [7, 11) is 0. The molecule has 150 valence electrons. The highest BCUT2D eigenvalue weighted by Crippen LogP contribution is 2.40. The summed E-state index contributed by atoms with van der Waals surface area (Å²) in [6, 6.07) is 20.1. The van der Waals surface area contributed by atoms with Crippen LogP contribution < -0.4 is 0 Å². The van der Waals surface area contributed by atoms with Crippen LogP contribution in [-0.2, 0) is 21.9 Å². The minimum Gasteiger partial charge on any atom is -0.269 e. The molecule has 0 spiro atoms. The van der Waals surface area contributed by atoms with Gasteiger partial charge in [0, 0.05) is 22.5 Å². The highest BCUT2D eigenvalue weighted by atomic mass is 35.5. The minimum atomic E-state index is -0.384. The molecule has 0 saturated carbocycles. The lowest BCUT2D eigenvalue weighted by Crippen LogP contribution is -2.31. The second-order valence-corrected chi connectivity index (χ2v) is 8.45. The molecule has 30 heavy (non-hydrogen) atoms. The molecule has 2 heterocycles. The standard InChI is InChI=1S/C23H16Cl2N2O2S/c24-16-9-10-18(19(25)12-16)20-21(30-14-15-6-2-1-3-7-15)23(29)27(22(20)28)13-17-8-4-5-11-26-17/h1-12H,13-14H2. The number of aromatic nitrogens is 1. The topological polar surface area (TPSA) is 50.3 Å². The van der Waals surface area contributed by atoms with E-state index in [2.05, 4.69) is 4.98 Å². The SMILES string of the molecule is O=C1C(SCc2ccccc2)=C(c2ccc(Cl)cc2Cl)C(=O)N1Cc1ccccn1. The van der Waals surface area contributed by atoms with Crippen molar-refractivity contribution in [2.45, 2.75) is 12.3 Å². The number of nitrogens with zero attached hydrogens (tertiary/aromatic N) is 2. The molecule has 1 aliphatic heterocycles. The second-order valence-electron chi connectivity index (χ2n) is 6.62. The summed E-state index contributed by atoms with van der Waals surface area (Å²) in [5.41, 5.74) is 2.49. The quantitative estimate of drug-likeness (QED) is 0.454. The van der Waals surface area contributed by atoms with Crippen molar-refractivity contribution in [3.8, 4) is 0 Å². The van der Waals surface area contributed by atoms with Gasteiger partial charge in [-0.2, -0.15) is 0 Å².